The molecule has 2 aromatic carbocycles. The lowest BCUT2D eigenvalue weighted by Crippen LogP contribution is -2.11. The molecule has 0 aliphatic rings. The Balaban J connectivity index is 2.12. The first-order chi connectivity index (χ1) is 8.33. The summed E-state index contributed by atoms with van der Waals surface area (Å²) in [5, 5.41) is 14.7. The minimum Gasteiger partial charge on any atom is -0.384 e. The molecule has 86 valence electrons. The molecule has 0 saturated heterocycles. The fraction of sp³-hybridized carbons (Fsp3) is 0.267. The first kappa shape index (κ1) is 11.5. The largest absolute Gasteiger partial charge is 0.384 e. The van der Waals surface area contributed by atoms with Crippen molar-refractivity contribution in [2.45, 2.75) is 13.3 Å². The Morgan fingerprint density at radius 1 is 1.18 bits per heavy atom. The number of fused-ring (bicyclic) bond motifs is 1. The zero-order valence-corrected chi connectivity index (χ0v) is 9.98. The normalized spacial score (nSPS) is 12.0. The molecule has 0 aliphatic carbocycles. The fourth-order valence-corrected chi connectivity index (χ4v) is 1.82. The average molecular weight is 224 g/mol. The lowest BCUT2D eigenvalue weighted by atomic mass is 10.1. The van der Waals surface area contributed by atoms with Crippen LogP contribution in [-0.4, -0.2) is 6.54 Å². The summed E-state index contributed by atoms with van der Waals surface area (Å²) in [7, 11) is 0. The highest BCUT2D eigenvalue weighted by atomic mass is 14.9. The second kappa shape index (κ2) is 5.36. The van der Waals surface area contributed by atoms with Gasteiger partial charge in [-0.25, -0.2) is 0 Å². The number of nitrogens with one attached hydrogen (secondary N) is 1. The van der Waals surface area contributed by atoms with Crippen LogP contribution in [0.5, 0.6) is 0 Å². The maximum absolute atomic E-state index is 8.89. The minimum absolute atomic E-state index is 0.0847. The van der Waals surface area contributed by atoms with Gasteiger partial charge in [-0.05, 0) is 29.3 Å². The lowest BCUT2D eigenvalue weighted by molar-refractivity contribution is 0.674. The molecule has 2 heteroatoms. The van der Waals surface area contributed by atoms with Gasteiger partial charge >= 0.3 is 0 Å². The smallest absolute Gasteiger partial charge is 0.0674 e. The number of benzene rings is 2. The number of hydrogen-bond donors (Lipinski definition) is 1. The van der Waals surface area contributed by atoms with E-state index in [-0.39, 0.29) is 5.92 Å². The van der Waals surface area contributed by atoms with E-state index in [4.69, 9.17) is 5.26 Å². The predicted molar refractivity (Wildman–Crippen MR) is 71.8 cm³/mol. The van der Waals surface area contributed by atoms with Crippen molar-refractivity contribution in [1.29, 1.82) is 5.26 Å². The molecule has 1 unspecified atom stereocenters. The van der Waals surface area contributed by atoms with E-state index in [9.17, 15) is 0 Å². The maximum Gasteiger partial charge on any atom is 0.0674 e. The standard InChI is InChI=1S/C15H16N2/c1-2-12(10-16)11-17-15-8-7-13-5-3-4-6-14(13)9-15/h3-9,12,17H,2,11H2,1H3. The molecule has 2 nitrogen and oxygen atoms in total. The highest BCUT2D eigenvalue weighted by Crippen LogP contribution is 2.19. The molecule has 17 heavy (non-hydrogen) atoms. The Kier molecular flexibility index (Phi) is 3.62. The van der Waals surface area contributed by atoms with Crippen LogP contribution < -0.4 is 5.32 Å². The highest BCUT2D eigenvalue weighted by Gasteiger charge is 2.03. The van der Waals surface area contributed by atoms with Crippen LogP contribution in [0.3, 0.4) is 0 Å². The molecule has 0 saturated carbocycles. The first-order valence-electron chi connectivity index (χ1n) is 5.95. The third-order valence-corrected chi connectivity index (χ3v) is 2.98. The molecule has 0 amide bonds. The van der Waals surface area contributed by atoms with Crippen LogP contribution in [0.2, 0.25) is 0 Å². The summed E-state index contributed by atoms with van der Waals surface area (Å²) in [6.45, 7) is 2.75. The van der Waals surface area contributed by atoms with Crippen LogP contribution in [0.4, 0.5) is 5.69 Å². The van der Waals surface area contributed by atoms with E-state index < -0.39 is 0 Å². The third kappa shape index (κ3) is 2.76. The van der Waals surface area contributed by atoms with Gasteiger partial charge in [-0.15, -0.1) is 0 Å². The van der Waals surface area contributed by atoms with Gasteiger partial charge in [0.15, 0.2) is 0 Å². The van der Waals surface area contributed by atoms with Crippen LogP contribution in [0.1, 0.15) is 13.3 Å². The zero-order chi connectivity index (χ0) is 12.1. The van der Waals surface area contributed by atoms with E-state index in [0.29, 0.717) is 6.54 Å². The molecule has 0 aromatic heterocycles. The molecule has 0 spiro atoms. The highest BCUT2D eigenvalue weighted by molar-refractivity contribution is 5.85. The second-order valence-corrected chi connectivity index (χ2v) is 4.18. The predicted octanol–water partition coefficient (Wildman–Crippen LogP) is 3.80. The quantitative estimate of drug-likeness (QED) is 0.857. The van der Waals surface area contributed by atoms with E-state index in [0.717, 1.165) is 12.1 Å². The van der Waals surface area contributed by atoms with Crippen molar-refractivity contribution in [2.24, 2.45) is 5.92 Å². The Morgan fingerprint density at radius 3 is 2.65 bits per heavy atom. The van der Waals surface area contributed by atoms with Crippen LogP contribution >= 0.6 is 0 Å². The summed E-state index contributed by atoms with van der Waals surface area (Å²) in [5.74, 6) is 0.0847. The van der Waals surface area contributed by atoms with Crippen molar-refractivity contribution < 1.29 is 0 Å². The topological polar surface area (TPSA) is 35.8 Å². The van der Waals surface area contributed by atoms with Crippen LogP contribution in [0.25, 0.3) is 10.8 Å². The van der Waals surface area contributed by atoms with Crippen molar-refractivity contribution >= 4 is 16.5 Å². The summed E-state index contributed by atoms with van der Waals surface area (Å²) in [6.07, 6.45) is 0.886. The van der Waals surface area contributed by atoms with Gasteiger partial charge in [0.2, 0.25) is 0 Å². The molecular formula is C15H16N2. The van der Waals surface area contributed by atoms with Crippen molar-refractivity contribution in [3.63, 3.8) is 0 Å². The molecule has 2 rings (SSSR count). The maximum atomic E-state index is 8.89. The van der Waals surface area contributed by atoms with Gasteiger partial charge < -0.3 is 5.32 Å². The minimum atomic E-state index is 0.0847. The first-order valence-corrected chi connectivity index (χ1v) is 5.95. The van der Waals surface area contributed by atoms with Crippen molar-refractivity contribution in [3.05, 3.63) is 42.5 Å². The van der Waals surface area contributed by atoms with E-state index in [1.165, 1.54) is 10.8 Å². The van der Waals surface area contributed by atoms with E-state index in [1.54, 1.807) is 0 Å². The summed E-state index contributed by atoms with van der Waals surface area (Å²) in [5.41, 5.74) is 1.08. The average Bonchev–Trinajstić information content (AvgIpc) is 2.40. The summed E-state index contributed by atoms with van der Waals surface area (Å²) >= 11 is 0. The van der Waals surface area contributed by atoms with Gasteiger partial charge in [0.1, 0.15) is 0 Å². The zero-order valence-electron chi connectivity index (χ0n) is 9.98. The Bertz CT molecular complexity index is 540. The molecule has 0 radical (unpaired) electrons. The van der Waals surface area contributed by atoms with Gasteiger partial charge in [-0.2, -0.15) is 5.26 Å². The van der Waals surface area contributed by atoms with Gasteiger partial charge in [-0.1, -0.05) is 37.3 Å². The molecule has 1 N–H and O–H groups in total. The number of nitrogens with zero attached hydrogens (tertiary/aromatic N) is 1. The fourth-order valence-electron chi connectivity index (χ4n) is 1.82. The molecule has 0 heterocycles. The molecule has 1 atom stereocenters. The van der Waals surface area contributed by atoms with Gasteiger partial charge in [0.25, 0.3) is 0 Å². The Labute approximate surface area is 102 Å². The number of rotatable bonds is 4. The summed E-state index contributed by atoms with van der Waals surface area (Å²) in [4.78, 5) is 0. The molecule has 0 bridgehead atoms. The summed E-state index contributed by atoms with van der Waals surface area (Å²) in [6, 6.07) is 16.9. The van der Waals surface area contributed by atoms with Gasteiger partial charge in [-0.3, -0.25) is 0 Å². The number of nitriles is 1. The SMILES string of the molecule is CCC(C#N)CNc1ccc2ccccc2c1. The van der Waals surface area contributed by atoms with Crippen LogP contribution in [-0.2, 0) is 0 Å². The van der Waals surface area contributed by atoms with E-state index >= 15 is 0 Å². The van der Waals surface area contributed by atoms with Crippen molar-refractivity contribution in [3.8, 4) is 6.07 Å². The van der Waals surface area contributed by atoms with E-state index in [2.05, 4.69) is 41.7 Å². The Morgan fingerprint density at radius 2 is 1.94 bits per heavy atom. The number of anilines is 1. The molecule has 2 aromatic rings. The molecule has 0 aliphatic heterocycles. The molecular weight excluding hydrogens is 208 g/mol. The van der Waals surface area contributed by atoms with Crippen LogP contribution in [0, 0.1) is 17.2 Å². The van der Waals surface area contributed by atoms with Crippen molar-refractivity contribution in [1.82, 2.24) is 0 Å². The second-order valence-electron chi connectivity index (χ2n) is 4.18. The van der Waals surface area contributed by atoms with E-state index in [1.807, 2.05) is 19.1 Å². The lowest BCUT2D eigenvalue weighted by Gasteiger charge is -2.10. The van der Waals surface area contributed by atoms with Crippen molar-refractivity contribution in [2.75, 3.05) is 11.9 Å². The Hall–Kier alpha value is -2.01. The van der Waals surface area contributed by atoms with Gasteiger partial charge in [0.05, 0.1) is 12.0 Å². The number of hydrogen-bond acceptors (Lipinski definition) is 2. The summed E-state index contributed by atoms with van der Waals surface area (Å²) < 4.78 is 0. The monoisotopic (exact) mass is 224 g/mol. The third-order valence-electron chi connectivity index (χ3n) is 2.98. The molecule has 0 fully saturated rings. The van der Waals surface area contributed by atoms with Gasteiger partial charge in [0, 0.05) is 12.2 Å². The van der Waals surface area contributed by atoms with Crippen LogP contribution in [0.15, 0.2) is 42.5 Å².